The van der Waals surface area contributed by atoms with Crippen molar-refractivity contribution in [2.45, 2.75) is 4.90 Å². The van der Waals surface area contributed by atoms with Crippen molar-refractivity contribution in [2.24, 2.45) is 0 Å². The highest BCUT2D eigenvalue weighted by Gasteiger charge is 2.33. The number of furan rings is 1. The summed E-state index contributed by atoms with van der Waals surface area (Å²) in [6.45, 7) is 0.661. The fourth-order valence-corrected chi connectivity index (χ4v) is 5.23. The summed E-state index contributed by atoms with van der Waals surface area (Å²) in [7, 11) is -0.989. The molecule has 0 aliphatic carbocycles. The third-order valence-corrected chi connectivity index (χ3v) is 7.38. The molecule has 1 aliphatic heterocycles. The van der Waals surface area contributed by atoms with Gasteiger partial charge in [-0.25, -0.2) is 12.8 Å². The van der Waals surface area contributed by atoms with Gasteiger partial charge in [-0.05, 0) is 48.5 Å². The second-order valence-corrected chi connectivity index (χ2v) is 9.29. The molecule has 2 heterocycles. The van der Waals surface area contributed by atoms with Crippen LogP contribution in [0, 0.1) is 5.82 Å². The predicted molar refractivity (Wildman–Crippen MR) is 118 cm³/mol. The topological polar surface area (TPSA) is 89.3 Å². The lowest BCUT2D eigenvalue weighted by Gasteiger charge is -2.33. The van der Waals surface area contributed by atoms with Crippen molar-refractivity contribution < 1.29 is 31.5 Å². The van der Waals surface area contributed by atoms with Crippen LogP contribution in [0.5, 0.6) is 11.5 Å². The molecule has 0 N–H and O–H groups in total. The van der Waals surface area contributed by atoms with Crippen molar-refractivity contribution in [2.75, 3.05) is 40.4 Å². The lowest BCUT2D eigenvalue weighted by Crippen LogP contribution is -2.50. The first-order chi connectivity index (χ1) is 15.8. The molecule has 1 fully saturated rings. The molecule has 1 saturated heterocycles. The number of sulfonamides is 1. The van der Waals surface area contributed by atoms with Gasteiger partial charge in [0.15, 0.2) is 5.76 Å². The van der Waals surface area contributed by atoms with Gasteiger partial charge in [0.2, 0.25) is 10.0 Å². The van der Waals surface area contributed by atoms with Crippen LogP contribution in [0.2, 0.25) is 0 Å². The van der Waals surface area contributed by atoms with Crippen LogP contribution in [0.4, 0.5) is 4.39 Å². The Morgan fingerprint density at radius 1 is 0.939 bits per heavy atom. The minimum Gasteiger partial charge on any atom is -0.497 e. The number of carbonyl (C=O) groups is 1. The second-order valence-electron chi connectivity index (χ2n) is 7.38. The summed E-state index contributed by atoms with van der Waals surface area (Å²) in [6, 6.07) is 13.6. The number of hydrogen-bond donors (Lipinski definition) is 0. The monoisotopic (exact) mass is 474 g/mol. The van der Waals surface area contributed by atoms with Crippen molar-refractivity contribution in [3.05, 3.63) is 66.2 Å². The Balaban J connectivity index is 1.46. The quantitative estimate of drug-likeness (QED) is 0.545. The summed E-state index contributed by atoms with van der Waals surface area (Å²) >= 11 is 0. The van der Waals surface area contributed by atoms with Crippen molar-refractivity contribution in [3.63, 3.8) is 0 Å². The molecule has 3 aromatic rings. The Kier molecular flexibility index (Phi) is 6.39. The number of benzene rings is 2. The summed E-state index contributed by atoms with van der Waals surface area (Å²) in [5.41, 5.74) is 0.651. The number of methoxy groups -OCH3 is 2. The molecule has 0 spiro atoms. The Morgan fingerprint density at radius 2 is 1.64 bits per heavy atom. The zero-order valence-corrected chi connectivity index (χ0v) is 19.0. The SMILES string of the molecule is COc1ccc(OC)c(S(=O)(=O)N2CCN(C(=O)c3ccc(-c4ccc(F)cc4)o3)CC2)c1. The van der Waals surface area contributed by atoms with E-state index in [1.807, 2.05) is 0 Å². The molecule has 0 unspecified atom stereocenters. The number of rotatable bonds is 6. The highest BCUT2D eigenvalue weighted by atomic mass is 32.2. The zero-order chi connectivity index (χ0) is 23.6. The highest BCUT2D eigenvalue weighted by molar-refractivity contribution is 7.89. The van der Waals surface area contributed by atoms with Crippen LogP contribution < -0.4 is 9.47 Å². The molecule has 8 nitrogen and oxygen atoms in total. The van der Waals surface area contributed by atoms with E-state index in [0.29, 0.717) is 17.1 Å². The number of amides is 1. The first kappa shape index (κ1) is 22.8. The molecular formula is C23H23FN2O6S. The lowest BCUT2D eigenvalue weighted by molar-refractivity contribution is 0.0667. The fourth-order valence-electron chi connectivity index (χ4n) is 3.63. The fraction of sp³-hybridized carbons (Fsp3) is 0.261. The molecule has 0 saturated carbocycles. The van der Waals surface area contributed by atoms with Crippen LogP contribution in [0.1, 0.15) is 10.6 Å². The molecule has 1 aliphatic rings. The molecule has 1 aromatic heterocycles. The van der Waals surface area contributed by atoms with E-state index in [0.717, 1.165) is 0 Å². The Bertz CT molecular complexity index is 1250. The summed E-state index contributed by atoms with van der Waals surface area (Å²) < 4.78 is 56.9. The summed E-state index contributed by atoms with van der Waals surface area (Å²) in [5, 5.41) is 0. The molecule has 2 aromatic carbocycles. The van der Waals surface area contributed by atoms with E-state index in [4.69, 9.17) is 13.9 Å². The van der Waals surface area contributed by atoms with Crippen LogP contribution in [-0.4, -0.2) is 63.9 Å². The van der Waals surface area contributed by atoms with E-state index in [2.05, 4.69) is 0 Å². The van der Waals surface area contributed by atoms with Gasteiger partial charge in [0.05, 0.1) is 14.2 Å². The van der Waals surface area contributed by atoms with Gasteiger partial charge in [0.25, 0.3) is 5.91 Å². The maximum absolute atomic E-state index is 13.2. The maximum Gasteiger partial charge on any atom is 0.289 e. The van der Waals surface area contributed by atoms with Gasteiger partial charge in [-0.1, -0.05) is 0 Å². The van der Waals surface area contributed by atoms with E-state index < -0.39 is 10.0 Å². The number of halogens is 1. The number of hydrogen-bond acceptors (Lipinski definition) is 6. The third kappa shape index (κ3) is 4.57. The summed E-state index contributed by atoms with van der Waals surface area (Å²) in [4.78, 5) is 14.4. The minimum absolute atomic E-state index is 0.0131. The summed E-state index contributed by atoms with van der Waals surface area (Å²) in [5.74, 6) is 0.515. The van der Waals surface area contributed by atoms with Gasteiger partial charge >= 0.3 is 0 Å². The van der Waals surface area contributed by atoms with Gasteiger partial charge in [-0.15, -0.1) is 0 Å². The van der Waals surface area contributed by atoms with Gasteiger partial charge in [0, 0.05) is 37.8 Å². The van der Waals surface area contributed by atoms with Gasteiger partial charge < -0.3 is 18.8 Å². The van der Waals surface area contributed by atoms with E-state index in [1.165, 1.54) is 36.7 Å². The second kappa shape index (κ2) is 9.24. The van der Waals surface area contributed by atoms with E-state index in [1.54, 1.807) is 41.3 Å². The zero-order valence-electron chi connectivity index (χ0n) is 18.2. The maximum atomic E-state index is 13.2. The first-order valence-corrected chi connectivity index (χ1v) is 11.6. The number of ether oxygens (including phenoxy) is 2. The first-order valence-electron chi connectivity index (χ1n) is 10.2. The lowest BCUT2D eigenvalue weighted by atomic mass is 10.2. The van der Waals surface area contributed by atoms with Crippen molar-refractivity contribution >= 4 is 15.9 Å². The molecule has 0 radical (unpaired) electrons. The van der Waals surface area contributed by atoms with Crippen molar-refractivity contribution in [1.29, 1.82) is 0 Å². The van der Waals surface area contributed by atoms with Crippen LogP contribution in [0.15, 0.2) is 63.9 Å². The van der Waals surface area contributed by atoms with Crippen molar-refractivity contribution in [3.8, 4) is 22.8 Å². The Hall–Kier alpha value is -3.37. The van der Waals surface area contributed by atoms with E-state index in [9.17, 15) is 17.6 Å². The molecule has 174 valence electrons. The van der Waals surface area contributed by atoms with Crippen molar-refractivity contribution in [1.82, 2.24) is 9.21 Å². The molecule has 0 bridgehead atoms. The Morgan fingerprint density at radius 3 is 2.27 bits per heavy atom. The smallest absolute Gasteiger partial charge is 0.289 e. The van der Waals surface area contributed by atoms with Crippen LogP contribution >= 0.6 is 0 Å². The molecule has 33 heavy (non-hydrogen) atoms. The van der Waals surface area contributed by atoms with Gasteiger partial charge in [-0.3, -0.25) is 4.79 Å². The average molecular weight is 475 g/mol. The van der Waals surface area contributed by atoms with Crippen LogP contribution in [0.25, 0.3) is 11.3 Å². The van der Waals surface area contributed by atoms with E-state index in [-0.39, 0.29) is 54.3 Å². The highest BCUT2D eigenvalue weighted by Crippen LogP contribution is 2.31. The average Bonchev–Trinajstić information content (AvgIpc) is 3.34. The molecule has 4 rings (SSSR count). The number of piperazine rings is 1. The van der Waals surface area contributed by atoms with E-state index >= 15 is 0 Å². The van der Waals surface area contributed by atoms with Gasteiger partial charge in [-0.2, -0.15) is 4.31 Å². The Labute approximate surface area is 191 Å². The van der Waals surface area contributed by atoms with Crippen LogP contribution in [-0.2, 0) is 10.0 Å². The van der Waals surface area contributed by atoms with Gasteiger partial charge in [0.1, 0.15) is 28.0 Å². The minimum atomic E-state index is -3.85. The number of carbonyl (C=O) groups excluding carboxylic acids is 1. The summed E-state index contributed by atoms with van der Waals surface area (Å²) in [6.07, 6.45) is 0. The molecule has 10 heteroatoms. The largest absolute Gasteiger partial charge is 0.497 e. The third-order valence-electron chi connectivity index (χ3n) is 5.46. The normalized spacial score (nSPS) is 14.8. The number of nitrogens with zero attached hydrogens (tertiary/aromatic N) is 2. The molecular weight excluding hydrogens is 451 g/mol. The van der Waals surface area contributed by atoms with Crippen LogP contribution in [0.3, 0.4) is 0 Å². The predicted octanol–water partition coefficient (Wildman–Crippen LogP) is 3.25. The molecule has 0 atom stereocenters. The standard InChI is InChI=1S/C23H23FN2O6S/c1-30-18-7-8-20(31-2)22(15-18)33(28,29)26-13-11-25(12-14-26)23(27)21-10-9-19(32-21)16-3-5-17(24)6-4-16/h3-10,15H,11-14H2,1-2H3. The molecule has 1 amide bonds.